The molecule has 0 spiro atoms. The summed E-state index contributed by atoms with van der Waals surface area (Å²) < 4.78 is 40.5. The molecule has 5 nitrogen and oxygen atoms in total. The summed E-state index contributed by atoms with van der Waals surface area (Å²) >= 11 is 0. The SMILES string of the molecule is CN1C[C@@H](c2cncc(F)c2)[C@H](C(=O)Nc2cccc(F)c2F)C1=O. The van der Waals surface area contributed by atoms with E-state index in [2.05, 4.69) is 10.3 Å². The summed E-state index contributed by atoms with van der Waals surface area (Å²) in [6.45, 7) is 0.188. The van der Waals surface area contributed by atoms with Crippen molar-refractivity contribution in [3.05, 3.63) is 59.7 Å². The molecule has 0 unspecified atom stereocenters. The molecule has 0 aliphatic carbocycles. The molecule has 1 aromatic heterocycles. The maximum atomic E-state index is 13.8. The summed E-state index contributed by atoms with van der Waals surface area (Å²) in [6.07, 6.45) is 2.39. The van der Waals surface area contributed by atoms with Crippen LogP contribution in [0.2, 0.25) is 0 Å². The molecule has 1 saturated heterocycles. The quantitative estimate of drug-likeness (QED) is 0.865. The molecule has 2 heterocycles. The fourth-order valence-corrected chi connectivity index (χ4v) is 2.93. The number of pyridine rings is 1. The Bertz CT molecular complexity index is 844. The van der Waals surface area contributed by atoms with Crippen LogP contribution in [-0.4, -0.2) is 35.3 Å². The number of carbonyl (C=O) groups is 2. The Morgan fingerprint density at radius 2 is 2.04 bits per heavy atom. The molecule has 0 saturated carbocycles. The van der Waals surface area contributed by atoms with Crippen molar-refractivity contribution in [3.8, 4) is 0 Å². The van der Waals surface area contributed by atoms with Gasteiger partial charge in [-0.3, -0.25) is 14.6 Å². The molecule has 2 aromatic rings. The molecule has 25 heavy (non-hydrogen) atoms. The first-order chi connectivity index (χ1) is 11.9. The number of rotatable bonds is 3. The van der Waals surface area contributed by atoms with Gasteiger partial charge in [-0.25, -0.2) is 13.2 Å². The van der Waals surface area contributed by atoms with Crippen LogP contribution in [0.3, 0.4) is 0 Å². The Hall–Kier alpha value is -2.90. The van der Waals surface area contributed by atoms with Gasteiger partial charge in [-0.15, -0.1) is 0 Å². The first-order valence-electron chi connectivity index (χ1n) is 7.48. The van der Waals surface area contributed by atoms with Crippen molar-refractivity contribution < 1.29 is 22.8 Å². The number of carbonyl (C=O) groups excluding carboxylic acids is 2. The van der Waals surface area contributed by atoms with Crippen molar-refractivity contribution >= 4 is 17.5 Å². The molecule has 2 atom stereocenters. The highest BCUT2D eigenvalue weighted by Gasteiger charge is 2.44. The first-order valence-corrected chi connectivity index (χ1v) is 7.48. The number of likely N-dealkylation sites (N-methyl/N-ethyl adjacent to an activating group) is 1. The van der Waals surface area contributed by atoms with Crippen molar-refractivity contribution in [2.75, 3.05) is 18.9 Å². The fourth-order valence-electron chi connectivity index (χ4n) is 2.93. The van der Waals surface area contributed by atoms with E-state index in [-0.39, 0.29) is 12.2 Å². The fraction of sp³-hybridized carbons (Fsp3) is 0.235. The van der Waals surface area contributed by atoms with Crippen LogP contribution in [0.25, 0.3) is 0 Å². The Morgan fingerprint density at radius 3 is 2.76 bits per heavy atom. The van der Waals surface area contributed by atoms with Gasteiger partial charge in [0.1, 0.15) is 11.7 Å². The summed E-state index contributed by atoms with van der Waals surface area (Å²) in [6, 6.07) is 4.55. The van der Waals surface area contributed by atoms with Crippen LogP contribution in [0.5, 0.6) is 0 Å². The summed E-state index contributed by atoms with van der Waals surface area (Å²) in [4.78, 5) is 30.0. The van der Waals surface area contributed by atoms with E-state index in [1.807, 2.05) is 0 Å². The van der Waals surface area contributed by atoms with E-state index in [0.29, 0.717) is 5.56 Å². The minimum atomic E-state index is -1.21. The second-order valence-electron chi connectivity index (χ2n) is 5.83. The third-order valence-corrected chi connectivity index (χ3v) is 4.16. The molecule has 0 radical (unpaired) electrons. The zero-order valence-corrected chi connectivity index (χ0v) is 13.2. The van der Waals surface area contributed by atoms with E-state index >= 15 is 0 Å². The molecule has 2 amide bonds. The number of anilines is 1. The predicted molar refractivity (Wildman–Crippen MR) is 83.1 cm³/mol. The average Bonchev–Trinajstić information content (AvgIpc) is 2.87. The van der Waals surface area contributed by atoms with Crippen LogP contribution in [0.1, 0.15) is 11.5 Å². The van der Waals surface area contributed by atoms with Gasteiger partial charge in [0.05, 0.1) is 11.9 Å². The van der Waals surface area contributed by atoms with Gasteiger partial charge < -0.3 is 10.2 Å². The first kappa shape index (κ1) is 16.9. The highest BCUT2D eigenvalue weighted by molar-refractivity contribution is 6.08. The highest BCUT2D eigenvalue weighted by atomic mass is 19.2. The summed E-state index contributed by atoms with van der Waals surface area (Å²) in [7, 11) is 1.51. The van der Waals surface area contributed by atoms with E-state index in [4.69, 9.17) is 0 Å². The second kappa shape index (κ2) is 6.54. The van der Waals surface area contributed by atoms with Crippen LogP contribution in [0, 0.1) is 23.4 Å². The molecule has 130 valence electrons. The Morgan fingerprint density at radius 1 is 1.28 bits per heavy atom. The number of hydrogen-bond acceptors (Lipinski definition) is 3. The zero-order chi connectivity index (χ0) is 18.1. The monoisotopic (exact) mass is 349 g/mol. The normalized spacial score (nSPS) is 20.0. The maximum absolute atomic E-state index is 13.8. The van der Waals surface area contributed by atoms with Crippen LogP contribution in [0.15, 0.2) is 36.7 Å². The standard InChI is InChI=1S/C17H14F3N3O2/c1-23-8-11(9-5-10(18)7-21-6-9)14(17(23)25)16(24)22-13-4-2-3-12(19)15(13)20/h2-7,11,14H,8H2,1H3,(H,22,24)/t11-,14+/m0/s1. The average molecular weight is 349 g/mol. The predicted octanol–water partition coefficient (Wildman–Crippen LogP) is 2.31. The number of amides is 2. The summed E-state index contributed by atoms with van der Waals surface area (Å²) in [5.41, 5.74) is 0.0287. The molecule has 1 N–H and O–H groups in total. The van der Waals surface area contributed by atoms with Crippen molar-refractivity contribution in [2.45, 2.75) is 5.92 Å². The van der Waals surface area contributed by atoms with E-state index in [0.717, 1.165) is 12.3 Å². The number of benzene rings is 1. The smallest absolute Gasteiger partial charge is 0.237 e. The van der Waals surface area contributed by atoms with E-state index < -0.39 is 41.1 Å². The van der Waals surface area contributed by atoms with Crippen molar-refractivity contribution in [2.24, 2.45) is 5.92 Å². The molecule has 1 fully saturated rings. The van der Waals surface area contributed by atoms with Crippen LogP contribution in [0.4, 0.5) is 18.9 Å². The number of hydrogen-bond donors (Lipinski definition) is 1. The van der Waals surface area contributed by atoms with Crippen molar-refractivity contribution in [3.63, 3.8) is 0 Å². The Balaban J connectivity index is 1.90. The van der Waals surface area contributed by atoms with E-state index in [1.54, 1.807) is 0 Å². The van der Waals surface area contributed by atoms with Gasteiger partial charge in [0, 0.05) is 25.7 Å². The van der Waals surface area contributed by atoms with Crippen molar-refractivity contribution in [1.29, 1.82) is 0 Å². The number of nitrogens with zero attached hydrogens (tertiary/aromatic N) is 2. The number of aromatic nitrogens is 1. The second-order valence-corrected chi connectivity index (χ2v) is 5.83. The lowest BCUT2D eigenvalue weighted by Gasteiger charge is -2.17. The van der Waals surface area contributed by atoms with Gasteiger partial charge in [-0.2, -0.15) is 0 Å². The van der Waals surface area contributed by atoms with Crippen LogP contribution >= 0.6 is 0 Å². The number of likely N-dealkylation sites (tertiary alicyclic amines) is 1. The third kappa shape index (κ3) is 3.19. The van der Waals surface area contributed by atoms with Gasteiger partial charge >= 0.3 is 0 Å². The minimum Gasteiger partial charge on any atom is -0.344 e. The van der Waals surface area contributed by atoms with Gasteiger partial charge in [-0.1, -0.05) is 6.07 Å². The topological polar surface area (TPSA) is 62.3 Å². The van der Waals surface area contributed by atoms with Gasteiger partial charge in [0.15, 0.2) is 11.6 Å². The minimum absolute atomic E-state index is 0.188. The largest absolute Gasteiger partial charge is 0.344 e. The number of nitrogens with one attached hydrogen (secondary N) is 1. The zero-order valence-electron chi connectivity index (χ0n) is 13.2. The van der Waals surface area contributed by atoms with E-state index in [1.165, 1.54) is 36.3 Å². The maximum Gasteiger partial charge on any atom is 0.237 e. The number of halogens is 3. The highest BCUT2D eigenvalue weighted by Crippen LogP contribution is 2.34. The van der Waals surface area contributed by atoms with Gasteiger partial charge in [0.2, 0.25) is 11.8 Å². The lowest BCUT2D eigenvalue weighted by molar-refractivity contribution is -0.135. The van der Waals surface area contributed by atoms with Crippen LogP contribution in [-0.2, 0) is 9.59 Å². The Labute approximate surface area is 141 Å². The molecule has 1 aliphatic heterocycles. The van der Waals surface area contributed by atoms with Crippen LogP contribution < -0.4 is 5.32 Å². The molecule has 0 bridgehead atoms. The lowest BCUT2D eigenvalue weighted by atomic mass is 9.88. The summed E-state index contributed by atoms with van der Waals surface area (Å²) in [5.74, 6) is -6.00. The summed E-state index contributed by atoms with van der Waals surface area (Å²) in [5, 5.41) is 2.24. The third-order valence-electron chi connectivity index (χ3n) is 4.16. The van der Waals surface area contributed by atoms with Gasteiger partial charge in [-0.05, 0) is 23.8 Å². The molecule has 8 heteroatoms. The Kier molecular flexibility index (Phi) is 4.43. The van der Waals surface area contributed by atoms with E-state index in [9.17, 15) is 22.8 Å². The lowest BCUT2D eigenvalue weighted by Crippen LogP contribution is -2.33. The van der Waals surface area contributed by atoms with Crippen molar-refractivity contribution in [1.82, 2.24) is 9.88 Å². The molecular weight excluding hydrogens is 335 g/mol. The molecule has 1 aromatic carbocycles. The van der Waals surface area contributed by atoms with Gasteiger partial charge in [0.25, 0.3) is 0 Å². The molecule has 3 rings (SSSR count). The molecule has 1 aliphatic rings. The molecular formula is C17H14F3N3O2.